The molecule has 6 heteroatoms. The number of thiophene rings is 1. The largest absolute Gasteiger partial charge is 0.351 e. The summed E-state index contributed by atoms with van der Waals surface area (Å²) in [5, 5.41) is 4.29. The fourth-order valence-corrected chi connectivity index (χ4v) is 4.08. The molecule has 2 atom stereocenters. The number of nitrogens with one attached hydrogen (secondary N) is 1. The van der Waals surface area contributed by atoms with Gasteiger partial charge in [-0.05, 0) is 36.4 Å². The number of hydrogen-bond acceptors (Lipinski definition) is 4. The monoisotopic (exact) mass is 329 g/mol. The lowest BCUT2D eigenvalue weighted by atomic mass is 10.0. The van der Waals surface area contributed by atoms with Crippen LogP contribution < -0.4 is 11.1 Å². The van der Waals surface area contributed by atoms with Crippen molar-refractivity contribution in [3.63, 3.8) is 0 Å². The normalized spacial score (nSPS) is 19.4. The second-order valence-corrected chi connectivity index (χ2v) is 6.56. The Morgan fingerprint density at radius 3 is 2.65 bits per heavy atom. The minimum atomic E-state index is -0.817. The Kier molecular flexibility index (Phi) is 4.73. The average molecular weight is 329 g/mol. The summed E-state index contributed by atoms with van der Waals surface area (Å²) in [6.07, 6.45) is 2.03. The number of rotatable bonds is 4. The van der Waals surface area contributed by atoms with Crippen LogP contribution >= 0.6 is 11.3 Å². The Hall–Kier alpha value is -2.18. The molecule has 1 aliphatic rings. The second kappa shape index (κ2) is 6.93. The van der Waals surface area contributed by atoms with Gasteiger partial charge in [0.1, 0.15) is 6.04 Å². The summed E-state index contributed by atoms with van der Waals surface area (Å²) in [4.78, 5) is 27.2. The number of urea groups is 1. The first-order valence-electron chi connectivity index (χ1n) is 7.61. The molecule has 5 nitrogen and oxygen atoms in total. The topological polar surface area (TPSA) is 75.4 Å². The number of likely N-dealkylation sites (tertiary alicyclic amines) is 1. The number of nitrogens with two attached hydrogens (primary N) is 1. The van der Waals surface area contributed by atoms with Crippen LogP contribution in [-0.4, -0.2) is 23.4 Å². The SMILES string of the molecule is NC(=O)NC(=O)[C@H](c1ccccc1)N1CCC[C@@H]1c1cccs1. The lowest BCUT2D eigenvalue weighted by molar-refractivity contribution is -0.126. The van der Waals surface area contributed by atoms with Crippen molar-refractivity contribution in [2.24, 2.45) is 5.73 Å². The number of carbonyl (C=O) groups is 2. The first kappa shape index (κ1) is 15.7. The number of primary amides is 1. The van der Waals surface area contributed by atoms with Crippen LogP contribution in [0.2, 0.25) is 0 Å². The van der Waals surface area contributed by atoms with Crippen molar-refractivity contribution in [3.8, 4) is 0 Å². The van der Waals surface area contributed by atoms with Crippen LogP contribution in [0, 0.1) is 0 Å². The molecule has 0 saturated carbocycles. The molecule has 1 fully saturated rings. The van der Waals surface area contributed by atoms with Gasteiger partial charge in [0.05, 0.1) is 0 Å². The van der Waals surface area contributed by atoms with E-state index in [1.165, 1.54) is 4.88 Å². The quantitative estimate of drug-likeness (QED) is 0.905. The van der Waals surface area contributed by atoms with Crippen LogP contribution in [0.3, 0.4) is 0 Å². The van der Waals surface area contributed by atoms with Gasteiger partial charge in [-0.25, -0.2) is 4.79 Å². The first-order chi connectivity index (χ1) is 11.2. The van der Waals surface area contributed by atoms with Gasteiger partial charge >= 0.3 is 6.03 Å². The van der Waals surface area contributed by atoms with Gasteiger partial charge < -0.3 is 5.73 Å². The third-order valence-electron chi connectivity index (χ3n) is 4.11. The Morgan fingerprint density at radius 1 is 1.22 bits per heavy atom. The zero-order valence-corrected chi connectivity index (χ0v) is 13.5. The summed E-state index contributed by atoms with van der Waals surface area (Å²) in [5.74, 6) is -0.368. The number of carbonyl (C=O) groups excluding carboxylic acids is 2. The number of nitrogens with zero attached hydrogens (tertiary/aromatic N) is 1. The molecule has 0 bridgehead atoms. The van der Waals surface area contributed by atoms with Crippen molar-refractivity contribution in [1.82, 2.24) is 10.2 Å². The molecule has 0 spiro atoms. The molecule has 1 aromatic carbocycles. The fourth-order valence-electron chi connectivity index (χ4n) is 3.20. The van der Waals surface area contributed by atoms with Crippen LogP contribution in [-0.2, 0) is 4.79 Å². The lowest BCUT2D eigenvalue weighted by Gasteiger charge is -2.31. The molecular weight excluding hydrogens is 310 g/mol. The Morgan fingerprint density at radius 2 is 2.00 bits per heavy atom. The maximum atomic E-state index is 12.6. The van der Waals surface area contributed by atoms with Gasteiger partial charge in [-0.3, -0.25) is 15.0 Å². The molecule has 23 heavy (non-hydrogen) atoms. The zero-order valence-electron chi connectivity index (χ0n) is 12.6. The van der Waals surface area contributed by atoms with Crippen LogP contribution in [0.15, 0.2) is 47.8 Å². The standard InChI is InChI=1S/C17H19N3O2S/c18-17(22)19-16(21)15(12-6-2-1-3-7-12)20-10-4-8-13(20)14-9-5-11-23-14/h1-3,5-7,9,11,13,15H,4,8,10H2,(H3,18,19,21,22)/t13-,15+/m1/s1. The molecule has 0 aliphatic carbocycles. The molecule has 120 valence electrons. The molecule has 0 unspecified atom stereocenters. The Labute approximate surface area is 139 Å². The Bertz CT molecular complexity index is 672. The van der Waals surface area contributed by atoms with E-state index in [0.29, 0.717) is 0 Å². The lowest BCUT2D eigenvalue weighted by Crippen LogP contribution is -2.44. The van der Waals surface area contributed by atoms with Crippen LogP contribution in [0.4, 0.5) is 4.79 Å². The van der Waals surface area contributed by atoms with Crippen LogP contribution in [0.25, 0.3) is 0 Å². The molecule has 3 rings (SSSR count). The first-order valence-corrected chi connectivity index (χ1v) is 8.49. The summed E-state index contributed by atoms with van der Waals surface area (Å²) < 4.78 is 0. The molecular formula is C17H19N3O2S. The summed E-state index contributed by atoms with van der Waals surface area (Å²) in [7, 11) is 0. The van der Waals surface area contributed by atoms with Crippen LogP contribution in [0.1, 0.15) is 35.4 Å². The molecule has 2 aromatic rings. The van der Waals surface area contributed by atoms with E-state index < -0.39 is 12.1 Å². The highest BCUT2D eigenvalue weighted by molar-refractivity contribution is 7.10. The van der Waals surface area contributed by atoms with E-state index in [1.807, 2.05) is 41.8 Å². The molecule has 3 amide bonds. The highest BCUT2D eigenvalue weighted by Gasteiger charge is 2.37. The van der Waals surface area contributed by atoms with E-state index in [4.69, 9.17) is 5.73 Å². The van der Waals surface area contributed by atoms with Gasteiger partial charge in [-0.2, -0.15) is 0 Å². The maximum absolute atomic E-state index is 12.6. The van der Waals surface area contributed by atoms with Gasteiger partial charge in [0.15, 0.2) is 0 Å². The Balaban J connectivity index is 1.94. The highest BCUT2D eigenvalue weighted by Crippen LogP contribution is 2.40. The third-order valence-corrected chi connectivity index (χ3v) is 5.08. The zero-order chi connectivity index (χ0) is 16.2. The van der Waals surface area contributed by atoms with Crippen molar-refractivity contribution in [3.05, 3.63) is 58.3 Å². The van der Waals surface area contributed by atoms with Crippen molar-refractivity contribution in [1.29, 1.82) is 0 Å². The summed E-state index contributed by atoms with van der Waals surface area (Å²) in [6, 6.07) is 12.5. The van der Waals surface area contributed by atoms with Gasteiger partial charge in [0.25, 0.3) is 0 Å². The summed E-state index contributed by atoms with van der Waals surface area (Å²) in [6.45, 7) is 0.814. The van der Waals surface area contributed by atoms with Gasteiger partial charge in [0, 0.05) is 10.9 Å². The van der Waals surface area contributed by atoms with E-state index in [-0.39, 0.29) is 11.9 Å². The smallest absolute Gasteiger partial charge is 0.318 e. The molecule has 3 N–H and O–H groups in total. The van der Waals surface area contributed by atoms with Gasteiger partial charge in [-0.1, -0.05) is 36.4 Å². The average Bonchev–Trinajstić information content (AvgIpc) is 3.18. The van der Waals surface area contributed by atoms with Gasteiger partial charge in [-0.15, -0.1) is 11.3 Å². The summed E-state index contributed by atoms with van der Waals surface area (Å²) in [5.41, 5.74) is 6.02. The van der Waals surface area contributed by atoms with Crippen LogP contribution in [0.5, 0.6) is 0 Å². The molecule has 1 saturated heterocycles. The molecule has 0 radical (unpaired) electrons. The second-order valence-electron chi connectivity index (χ2n) is 5.58. The van der Waals surface area contributed by atoms with E-state index in [2.05, 4.69) is 16.3 Å². The number of benzene rings is 1. The third kappa shape index (κ3) is 3.43. The molecule has 1 aliphatic heterocycles. The predicted octanol–water partition coefficient (Wildman–Crippen LogP) is 2.82. The van der Waals surface area contributed by atoms with E-state index in [1.54, 1.807) is 11.3 Å². The highest BCUT2D eigenvalue weighted by atomic mass is 32.1. The number of hydrogen-bond donors (Lipinski definition) is 2. The fraction of sp³-hybridized carbons (Fsp3) is 0.294. The number of amides is 3. The minimum Gasteiger partial charge on any atom is -0.351 e. The van der Waals surface area contributed by atoms with Crippen molar-refractivity contribution in [2.45, 2.75) is 24.9 Å². The van der Waals surface area contributed by atoms with Crippen molar-refractivity contribution >= 4 is 23.3 Å². The number of imide groups is 1. The van der Waals surface area contributed by atoms with E-state index >= 15 is 0 Å². The molecule has 2 heterocycles. The van der Waals surface area contributed by atoms with Crippen molar-refractivity contribution in [2.75, 3.05) is 6.54 Å². The van der Waals surface area contributed by atoms with E-state index in [0.717, 1.165) is 24.9 Å². The maximum Gasteiger partial charge on any atom is 0.318 e. The predicted molar refractivity (Wildman–Crippen MR) is 89.9 cm³/mol. The molecule has 1 aromatic heterocycles. The van der Waals surface area contributed by atoms with Gasteiger partial charge in [0.2, 0.25) is 5.91 Å². The van der Waals surface area contributed by atoms with E-state index in [9.17, 15) is 9.59 Å². The summed E-state index contributed by atoms with van der Waals surface area (Å²) >= 11 is 1.70. The minimum absolute atomic E-state index is 0.193. The van der Waals surface area contributed by atoms with Crippen molar-refractivity contribution < 1.29 is 9.59 Å².